The van der Waals surface area contributed by atoms with Gasteiger partial charge in [0.25, 0.3) is 0 Å². The van der Waals surface area contributed by atoms with E-state index in [1.54, 1.807) is 0 Å². The van der Waals surface area contributed by atoms with Crippen molar-refractivity contribution in [2.24, 2.45) is 11.3 Å². The van der Waals surface area contributed by atoms with Crippen LogP contribution in [0.4, 0.5) is 0 Å². The average molecular weight is 158 g/mol. The van der Waals surface area contributed by atoms with Gasteiger partial charge in [-0.1, -0.05) is 27.7 Å². The van der Waals surface area contributed by atoms with Crippen LogP contribution in [0.1, 0.15) is 34.1 Å². The van der Waals surface area contributed by atoms with E-state index in [2.05, 4.69) is 0 Å². The summed E-state index contributed by atoms with van der Waals surface area (Å²) >= 11 is 0. The Labute approximate surface area is 68.6 Å². The highest BCUT2D eigenvalue weighted by Crippen LogP contribution is 2.25. The highest BCUT2D eigenvalue weighted by Gasteiger charge is 2.28. The van der Waals surface area contributed by atoms with Gasteiger partial charge in [-0.2, -0.15) is 0 Å². The molecule has 66 valence electrons. The van der Waals surface area contributed by atoms with E-state index in [1.165, 1.54) is 0 Å². The minimum absolute atomic E-state index is 0.193. The molecule has 0 heterocycles. The van der Waals surface area contributed by atoms with Crippen molar-refractivity contribution < 1.29 is 9.90 Å². The number of carbonyl (C=O) groups is 1. The summed E-state index contributed by atoms with van der Waals surface area (Å²) in [5, 5.41) is 9.61. The van der Waals surface area contributed by atoms with Gasteiger partial charge in [-0.25, -0.2) is 0 Å². The van der Waals surface area contributed by atoms with Crippen LogP contribution < -0.4 is 0 Å². The van der Waals surface area contributed by atoms with Crippen LogP contribution in [0.2, 0.25) is 0 Å². The molecular weight excluding hydrogens is 140 g/mol. The minimum atomic E-state index is -0.523. The van der Waals surface area contributed by atoms with Gasteiger partial charge in [-0.05, 0) is 11.8 Å². The van der Waals surface area contributed by atoms with E-state index in [9.17, 15) is 9.90 Å². The Balaban J connectivity index is 4.20. The molecule has 0 aromatic heterocycles. The third-order valence-corrected chi connectivity index (χ3v) is 1.94. The maximum atomic E-state index is 10.5. The quantitative estimate of drug-likeness (QED) is 0.634. The molecule has 0 aromatic rings. The van der Waals surface area contributed by atoms with Gasteiger partial charge >= 0.3 is 0 Å². The van der Waals surface area contributed by atoms with E-state index < -0.39 is 6.10 Å². The fraction of sp³-hybridized carbons (Fsp3) is 0.889. The number of aldehydes is 1. The number of aliphatic hydroxyl groups excluding tert-OH is 1. The van der Waals surface area contributed by atoms with E-state index in [-0.39, 0.29) is 11.3 Å². The predicted octanol–water partition coefficient (Wildman–Crippen LogP) is 1.62. The largest absolute Gasteiger partial charge is 0.392 e. The van der Waals surface area contributed by atoms with Crippen molar-refractivity contribution in [2.75, 3.05) is 0 Å². The molecule has 0 fully saturated rings. The normalized spacial score (nSPS) is 17.5. The molecule has 2 heteroatoms. The lowest BCUT2D eigenvalue weighted by Crippen LogP contribution is -2.34. The second kappa shape index (κ2) is 3.86. The zero-order valence-electron chi connectivity index (χ0n) is 7.79. The SMILES string of the molecule is CC[C@@H](C=O)[C@@H](O)C(C)(C)C. The van der Waals surface area contributed by atoms with E-state index >= 15 is 0 Å². The monoisotopic (exact) mass is 158 g/mol. The van der Waals surface area contributed by atoms with Crippen LogP contribution >= 0.6 is 0 Å². The van der Waals surface area contributed by atoms with Crippen molar-refractivity contribution in [1.29, 1.82) is 0 Å². The summed E-state index contributed by atoms with van der Waals surface area (Å²) in [5.74, 6) is -0.213. The van der Waals surface area contributed by atoms with Gasteiger partial charge in [0, 0.05) is 5.92 Å². The van der Waals surface area contributed by atoms with E-state index in [0.29, 0.717) is 6.42 Å². The first kappa shape index (κ1) is 10.6. The van der Waals surface area contributed by atoms with Crippen LogP contribution in [0.25, 0.3) is 0 Å². The highest BCUT2D eigenvalue weighted by atomic mass is 16.3. The van der Waals surface area contributed by atoms with Gasteiger partial charge < -0.3 is 9.90 Å². The molecule has 2 atom stereocenters. The average Bonchev–Trinajstić information content (AvgIpc) is 1.88. The third kappa shape index (κ3) is 3.02. The molecule has 0 rings (SSSR count). The third-order valence-electron chi connectivity index (χ3n) is 1.94. The molecule has 11 heavy (non-hydrogen) atoms. The number of rotatable bonds is 3. The maximum absolute atomic E-state index is 10.5. The summed E-state index contributed by atoms with van der Waals surface area (Å²) < 4.78 is 0. The molecule has 0 aliphatic carbocycles. The molecule has 0 amide bonds. The van der Waals surface area contributed by atoms with Gasteiger partial charge in [0.2, 0.25) is 0 Å². The molecule has 0 spiro atoms. The van der Waals surface area contributed by atoms with E-state index in [0.717, 1.165) is 6.29 Å². The van der Waals surface area contributed by atoms with Crippen molar-refractivity contribution in [3.8, 4) is 0 Å². The number of aliphatic hydroxyl groups is 1. The summed E-state index contributed by atoms with van der Waals surface area (Å²) in [6, 6.07) is 0. The Morgan fingerprint density at radius 1 is 1.45 bits per heavy atom. The number of carbonyl (C=O) groups excluding carboxylic acids is 1. The summed E-state index contributed by atoms with van der Waals surface area (Å²) in [6.07, 6.45) is 1.03. The van der Waals surface area contributed by atoms with Gasteiger partial charge in [0.15, 0.2) is 0 Å². The van der Waals surface area contributed by atoms with Crippen molar-refractivity contribution in [2.45, 2.75) is 40.2 Å². The first-order chi connectivity index (χ1) is 4.93. The summed E-state index contributed by atoms with van der Waals surface area (Å²) in [6.45, 7) is 7.71. The molecule has 1 N–H and O–H groups in total. The summed E-state index contributed by atoms with van der Waals surface area (Å²) in [5.41, 5.74) is -0.193. The van der Waals surface area contributed by atoms with Crippen molar-refractivity contribution in [3.05, 3.63) is 0 Å². The smallest absolute Gasteiger partial charge is 0.125 e. The van der Waals surface area contributed by atoms with Gasteiger partial charge in [-0.3, -0.25) is 0 Å². The number of hydrogen-bond donors (Lipinski definition) is 1. The maximum Gasteiger partial charge on any atom is 0.125 e. The second-order valence-corrected chi connectivity index (χ2v) is 4.02. The van der Waals surface area contributed by atoms with Crippen LogP contribution in [0.15, 0.2) is 0 Å². The van der Waals surface area contributed by atoms with E-state index in [4.69, 9.17) is 0 Å². The predicted molar refractivity (Wildman–Crippen MR) is 45.3 cm³/mol. The van der Waals surface area contributed by atoms with Crippen LogP contribution in [-0.4, -0.2) is 17.5 Å². The van der Waals surface area contributed by atoms with Crippen molar-refractivity contribution in [3.63, 3.8) is 0 Å². The van der Waals surface area contributed by atoms with Gasteiger partial charge in [-0.15, -0.1) is 0 Å². The van der Waals surface area contributed by atoms with Crippen LogP contribution in [0.5, 0.6) is 0 Å². The van der Waals surface area contributed by atoms with Gasteiger partial charge in [0.05, 0.1) is 6.10 Å². The molecule has 0 aliphatic rings. The Bertz CT molecular complexity index is 124. The molecular formula is C9H18O2. The van der Waals surface area contributed by atoms with Crippen LogP contribution in [-0.2, 0) is 4.79 Å². The Morgan fingerprint density at radius 3 is 2.00 bits per heavy atom. The van der Waals surface area contributed by atoms with Gasteiger partial charge in [0.1, 0.15) is 6.29 Å². The lowest BCUT2D eigenvalue weighted by Gasteiger charge is -2.29. The molecule has 0 aromatic carbocycles. The lowest BCUT2D eigenvalue weighted by atomic mass is 9.81. The topological polar surface area (TPSA) is 37.3 Å². The fourth-order valence-corrected chi connectivity index (χ4v) is 1.04. The molecule has 2 nitrogen and oxygen atoms in total. The zero-order valence-corrected chi connectivity index (χ0v) is 7.79. The Morgan fingerprint density at radius 2 is 1.91 bits per heavy atom. The zero-order chi connectivity index (χ0) is 9.07. The Kier molecular flexibility index (Phi) is 3.73. The standard InChI is InChI=1S/C9H18O2/c1-5-7(6-10)8(11)9(2,3)4/h6-8,11H,5H2,1-4H3/t7-,8+/m0/s1. The van der Waals surface area contributed by atoms with Crippen molar-refractivity contribution >= 4 is 6.29 Å². The van der Waals surface area contributed by atoms with Crippen LogP contribution in [0.3, 0.4) is 0 Å². The highest BCUT2D eigenvalue weighted by molar-refractivity contribution is 5.54. The van der Waals surface area contributed by atoms with Crippen molar-refractivity contribution in [1.82, 2.24) is 0 Å². The molecule has 0 saturated carbocycles. The molecule has 0 unspecified atom stereocenters. The van der Waals surface area contributed by atoms with E-state index in [1.807, 2.05) is 27.7 Å². The summed E-state index contributed by atoms with van der Waals surface area (Å²) in [4.78, 5) is 10.5. The minimum Gasteiger partial charge on any atom is -0.392 e. The molecule has 0 saturated heterocycles. The number of hydrogen-bond acceptors (Lipinski definition) is 2. The summed E-state index contributed by atoms with van der Waals surface area (Å²) in [7, 11) is 0. The first-order valence-electron chi connectivity index (χ1n) is 4.06. The molecule has 0 radical (unpaired) electrons. The Hall–Kier alpha value is -0.370. The first-order valence-corrected chi connectivity index (χ1v) is 4.06. The fourth-order valence-electron chi connectivity index (χ4n) is 1.04. The van der Waals surface area contributed by atoms with Crippen LogP contribution in [0, 0.1) is 11.3 Å². The lowest BCUT2D eigenvalue weighted by molar-refractivity contribution is -0.117. The second-order valence-electron chi connectivity index (χ2n) is 4.02. The molecule has 0 aliphatic heterocycles. The molecule has 0 bridgehead atoms.